The van der Waals surface area contributed by atoms with Crippen LogP contribution in [0.5, 0.6) is 11.6 Å². The molecule has 0 saturated carbocycles. The summed E-state index contributed by atoms with van der Waals surface area (Å²) in [5, 5.41) is 9.28. The van der Waals surface area contributed by atoms with Crippen LogP contribution in [0.15, 0.2) is 36.5 Å². The summed E-state index contributed by atoms with van der Waals surface area (Å²) < 4.78 is 5.51. The lowest BCUT2D eigenvalue weighted by Gasteiger charge is -2.07. The monoisotopic (exact) mass is 244 g/mol. The summed E-state index contributed by atoms with van der Waals surface area (Å²) in [4.78, 5) is 4.01. The molecule has 0 fully saturated rings. The topological polar surface area (TPSA) is 45.9 Å². The van der Waals surface area contributed by atoms with E-state index in [-0.39, 0.29) is 0 Å². The van der Waals surface area contributed by atoms with Crippen LogP contribution in [0.3, 0.4) is 0 Å². The van der Waals surface area contributed by atoms with Crippen LogP contribution >= 0.6 is 11.6 Å². The van der Waals surface area contributed by atoms with Gasteiger partial charge in [-0.25, -0.2) is 4.98 Å². The Labute approximate surface area is 104 Å². The minimum absolute atomic E-state index is 0.356. The van der Waals surface area contributed by atoms with Crippen LogP contribution < -0.4 is 4.74 Å². The minimum Gasteiger partial charge on any atom is -0.437 e. The molecule has 84 valence electrons. The Morgan fingerprint density at radius 2 is 2.12 bits per heavy atom. The second-order valence-electron chi connectivity index (χ2n) is 3.53. The van der Waals surface area contributed by atoms with E-state index in [1.165, 1.54) is 6.20 Å². The molecule has 1 aromatic carbocycles. The Balaban J connectivity index is 2.28. The number of aromatic nitrogens is 1. The quantitative estimate of drug-likeness (QED) is 0.809. The second kappa shape index (κ2) is 4.86. The zero-order chi connectivity index (χ0) is 12.3. The van der Waals surface area contributed by atoms with Crippen molar-refractivity contribution in [3.8, 4) is 17.7 Å². The third kappa shape index (κ3) is 2.74. The first kappa shape index (κ1) is 11.4. The molecule has 0 bridgehead atoms. The number of ether oxygens (including phenoxy) is 1. The Bertz CT molecular complexity index is 590. The fourth-order valence-corrected chi connectivity index (χ4v) is 1.61. The Morgan fingerprint density at radius 3 is 2.82 bits per heavy atom. The maximum atomic E-state index is 8.76. The summed E-state index contributed by atoms with van der Waals surface area (Å²) in [5.74, 6) is 0.884. The number of hydrogen-bond donors (Lipinski definition) is 0. The fraction of sp³-hybridized carbons (Fsp3) is 0.0769. The van der Waals surface area contributed by atoms with Gasteiger partial charge in [0.25, 0.3) is 0 Å². The SMILES string of the molecule is Cc1ccc(Oc2cc(C#N)ccn2)c(Cl)c1. The highest BCUT2D eigenvalue weighted by molar-refractivity contribution is 6.32. The molecular weight excluding hydrogens is 236 g/mol. The molecule has 0 radical (unpaired) electrons. The van der Waals surface area contributed by atoms with Gasteiger partial charge in [0.2, 0.25) is 5.88 Å². The first-order chi connectivity index (χ1) is 8.19. The largest absolute Gasteiger partial charge is 0.437 e. The normalized spacial score (nSPS) is 9.71. The molecule has 3 nitrogen and oxygen atoms in total. The molecule has 1 aromatic heterocycles. The number of halogens is 1. The molecule has 17 heavy (non-hydrogen) atoms. The van der Waals surface area contributed by atoms with Crippen molar-refractivity contribution in [3.05, 3.63) is 52.7 Å². The van der Waals surface area contributed by atoms with Gasteiger partial charge in [-0.1, -0.05) is 17.7 Å². The smallest absolute Gasteiger partial charge is 0.220 e. The molecule has 0 spiro atoms. The van der Waals surface area contributed by atoms with E-state index >= 15 is 0 Å². The Morgan fingerprint density at radius 1 is 1.29 bits per heavy atom. The molecule has 0 atom stereocenters. The van der Waals surface area contributed by atoms with Crippen molar-refractivity contribution in [2.45, 2.75) is 6.92 Å². The third-order valence-electron chi connectivity index (χ3n) is 2.17. The number of aryl methyl sites for hydroxylation is 1. The Hall–Kier alpha value is -2.05. The van der Waals surface area contributed by atoms with Gasteiger partial charge in [-0.3, -0.25) is 0 Å². The lowest BCUT2D eigenvalue weighted by Crippen LogP contribution is -1.89. The number of hydrogen-bond acceptors (Lipinski definition) is 3. The van der Waals surface area contributed by atoms with E-state index in [2.05, 4.69) is 4.98 Å². The van der Waals surface area contributed by atoms with Crippen LogP contribution in [0.4, 0.5) is 0 Å². The van der Waals surface area contributed by atoms with Gasteiger partial charge < -0.3 is 4.74 Å². The number of pyridine rings is 1. The van der Waals surface area contributed by atoms with Gasteiger partial charge in [-0.15, -0.1) is 0 Å². The van der Waals surface area contributed by atoms with Crippen molar-refractivity contribution in [1.29, 1.82) is 5.26 Å². The van der Waals surface area contributed by atoms with Crippen molar-refractivity contribution in [1.82, 2.24) is 4.98 Å². The maximum Gasteiger partial charge on any atom is 0.220 e. The number of nitrogens with zero attached hydrogens (tertiary/aromatic N) is 2. The summed E-state index contributed by atoms with van der Waals surface area (Å²) >= 11 is 6.04. The van der Waals surface area contributed by atoms with Gasteiger partial charge in [-0.05, 0) is 30.7 Å². The van der Waals surface area contributed by atoms with Crippen molar-refractivity contribution in [2.75, 3.05) is 0 Å². The van der Waals surface area contributed by atoms with E-state index in [9.17, 15) is 0 Å². The molecule has 2 aromatic rings. The van der Waals surface area contributed by atoms with Gasteiger partial charge >= 0.3 is 0 Å². The van der Waals surface area contributed by atoms with Gasteiger partial charge in [-0.2, -0.15) is 5.26 Å². The predicted octanol–water partition coefficient (Wildman–Crippen LogP) is 3.71. The zero-order valence-electron chi connectivity index (χ0n) is 9.14. The predicted molar refractivity (Wildman–Crippen MR) is 65.2 cm³/mol. The lowest BCUT2D eigenvalue weighted by atomic mass is 10.2. The van der Waals surface area contributed by atoms with E-state index in [1.807, 2.05) is 25.1 Å². The minimum atomic E-state index is 0.356. The van der Waals surface area contributed by atoms with E-state index in [0.717, 1.165) is 5.56 Å². The molecule has 0 aliphatic heterocycles. The molecule has 0 unspecified atom stereocenters. The highest BCUT2D eigenvalue weighted by Gasteiger charge is 2.04. The van der Waals surface area contributed by atoms with E-state index < -0.39 is 0 Å². The number of benzene rings is 1. The van der Waals surface area contributed by atoms with Crippen molar-refractivity contribution in [3.63, 3.8) is 0 Å². The van der Waals surface area contributed by atoms with Crippen LogP contribution in [0.25, 0.3) is 0 Å². The molecular formula is C13H9ClN2O. The number of nitriles is 1. The molecule has 0 aliphatic rings. The summed E-state index contributed by atoms with van der Waals surface area (Å²) in [6.07, 6.45) is 1.52. The molecule has 0 amide bonds. The average Bonchev–Trinajstić information content (AvgIpc) is 2.33. The summed E-state index contributed by atoms with van der Waals surface area (Å²) in [5.41, 5.74) is 1.55. The number of rotatable bonds is 2. The first-order valence-electron chi connectivity index (χ1n) is 4.99. The van der Waals surface area contributed by atoms with Crippen LogP contribution in [0, 0.1) is 18.3 Å². The molecule has 1 heterocycles. The first-order valence-corrected chi connectivity index (χ1v) is 5.37. The van der Waals surface area contributed by atoms with Gasteiger partial charge in [0, 0.05) is 12.3 Å². The van der Waals surface area contributed by atoms with E-state index in [4.69, 9.17) is 21.6 Å². The van der Waals surface area contributed by atoms with Crippen molar-refractivity contribution in [2.24, 2.45) is 0 Å². The molecule has 2 rings (SSSR count). The van der Waals surface area contributed by atoms with E-state index in [1.54, 1.807) is 18.2 Å². The average molecular weight is 245 g/mol. The Kier molecular flexibility index (Phi) is 3.27. The van der Waals surface area contributed by atoms with Crippen molar-refractivity contribution < 1.29 is 4.74 Å². The second-order valence-corrected chi connectivity index (χ2v) is 3.94. The summed E-state index contributed by atoms with van der Waals surface area (Å²) in [6.45, 7) is 1.95. The van der Waals surface area contributed by atoms with Crippen LogP contribution in [0.2, 0.25) is 5.02 Å². The summed E-state index contributed by atoms with van der Waals surface area (Å²) in [7, 11) is 0. The van der Waals surface area contributed by atoms with Gasteiger partial charge in [0.15, 0.2) is 0 Å². The van der Waals surface area contributed by atoms with Gasteiger partial charge in [0.1, 0.15) is 5.75 Å². The molecule has 0 saturated heterocycles. The molecule has 0 aliphatic carbocycles. The van der Waals surface area contributed by atoms with Gasteiger partial charge in [0.05, 0.1) is 16.7 Å². The standard InChI is InChI=1S/C13H9ClN2O/c1-9-2-3-12(11(14)6-9)17-13-7-10(8-15)4-5-16-13/h2-7H,1H3. The van der Waals surface area contributed by atoms with Crippen LogP contribution in [0.1, 0.15) is 11.1 Å². The van der Waals surface area contributed by atoms with Crippen LogP contribution in [-0.4, -0.2) is 4.98 Å². The third-order valence-corrected chi connectivity index (χ3v) is 2.46. The highest BCUT2D eigenvalue weighted by Crippen LogP contribution is 2.29. The maximum absolute atomic E-state index is 8.76. The zero-order valence-corrected chi connectivity index (χ0v) is 9.90. The van der Waals surface area contributed by atoms with E-state index in [0.29, 0.717) is 22.2 Å². The lowest BCUT2D eigenvalue weighted by molar-refractivity contribution is 0.463. The highest BCUT2D eigenvalue weighted by atomic mass is 35.5. The molecule has 0 N–H and O–H groups in total. The van der Waals surface area contributed by atoms with Crippen molar-refractivity contribution >= 4 is 11.6 Å². The van der Waals surface area contributed by atoms with Crippen LogP contribution in [-0.2, 0) is 0 Å². The molecule has 4 heteroatoms. The fourth-order valence-electron chi connectivity index (χ4n) is 1.34. The summed E-state index contributed by atoms with van der Waals surface area (Å²) in [6, 6.07) is 10.7.